The van der Waals surface area contributed by atoms with Crippen LogP contribution in [-0.4, -0.2) is 14.2 Å². The molecule has 1 unspecified atom stereocenters. The quantitative estimate of drug-likeness (QED) is 0.889. The number of hydrogen-bond donors (Lipinski definition) is 1. The zero-order chi connectivity index (χ0) is 15.4. The van der Waals surface area contributed by atoms with Crippen molar-refractivity contribution in [3.05, 3.63) is 63.9 Å². The van der Waals surface area contributed by atoms with Crippen molar-refractivity contribution in [2.75, 3.05) is 14.2 Å². The molecule has 0 aliphatic carbocycles. The Labute approximate surface area is 129 Å². The number of para-hydroxylation sites is 1. The minimum Gasteiger partial charge on any atom is -0.496 e. The van der Waals surface area contributed by atoms with Gasteiger partial charge in [-0.25, -0.2) is 4.39 Å². The molecule has 0 saturated heterocycles. The molecule has 2 nitrogen and oxygen atoms in total. The Morgan fingerprint density at radius 3 is 2.67 bits per heavy atom. The molecule has 2 rings (SSSR count). The van der Waals surface area contributed by atoms with Crippen LogP contribution < -0.4 is 10.1 Å². The number of likely N-dealkylation sites (N-methyl/N-ethyl adjacent to an activating group) is 1. The zero-order valence-corrected chi connectivity index (χ0v) is 13.2. The Bertz CT molecular complexity index is 630. The van der Waals surface area contributed by atoms with Gasteiger partial charge in [0.05, 0.1) is 7.11 Å². The molecule has 112 valence electrons. The number of methoxy groups -OCH3 is 1. The third-order valence-electron chi connectivity index (χ3n) is 3.62. The third kappa shape index (κ3) is 3.55. The predicted octanol–water partition coefficient (Wildman–Crippen LogP) is 4.30. The van der Waals surface area contributed by atoms with Gasteiger partial charge in [-0.2, -0.15) is 0 Å². The highest BCUT2D eigenvalue weighted by Crippen LogP contribution is 2.30. The first-order valence-corrected chi connectivity index (χ1v) is 7.19. The number of nitrogens with one attached hydrogen (secondary N) is 1. The van der Waals surface area contributed by atoms with Gasteiger partial charge in [-0.05, 0) is 49.2 Å². The highest BCUT2D eigenvalue weighted by Gasteiger charge is 2.17. The fraction of sp³-hybridized carbons (Fsp3) is 0.294. The number of halogens is 2. The molecule has 0 saturated carbocycles. The first kappa shape index (κ1) is 15.8. The summed E-state index contributed by atoms with van der Waals surface area (Å²) in [5.74, 6) is 0.559. The molecule has 0 aliphatic heterocycles. The van der Waals surface area contributed by atoms with Gasteiger partial charge in [-0.3, -0.25) is 0 Å². The molecule has 2 aromatic rings. The molecule has 2 aromatic carbocycles. The maximum Gasteiger partial charge on any atom is 0.127 e. The van der Waals surface area contributed by atoms with E-state index in [1.165, 1.54) is 6.07 Å². The molecule has 1 N–H and O–H groups in total. The molecule has 0 aliphatic rings. The van der Waals surface area contributed by atoms with Crippen LogP contribution in [0, 0.1) is 12.7 Å². The van der Waals surface area contributed by atoms with Gasteiger partial charge in [0.1, 0.15) is 11.6 Å². The standard InChI is InChI=1S/C17H19ClFNO/c1-11-8-13(14(18)10-15(11)19)16(20-2)9-12-6-4-5-7-17(12)21-3/h4-8,10,16,20H,9H2,1-3H3. The lowest BCUT2D eigenvalue weighted by Crippen LogP contribution is -2.20. The zero-order valence-electron chi connectivity index (χ0n) is 12.4. The Kier molecular flexibility index (Phi) is 5.21. The minimum atomic E-state index is -0.282. The molecule has 0 bridgehead atoms. The number of ether oxygens (including phenoxy) is 1. The lowest BCUT2D eigenvalue weighted by atomic mass is 9.97. The summed E-state index contributed by atoms with van der Waals surface area (Å²) in [7, 11) is 3.53. The second-order valence-corrected chi connectivity index (χ2v) is 5.39. The van der Waals surface area contributed by atoms with Crippen molar-refractivity contribution < 1.29 is 9.13 Å². The Hall–Kier alpha value is -1.58. The maximum atomic E-state index is 13.5. The number of aryl methyl sites for hydroxylation is 1. The first-order chi connectivity index (χ1) is 10.1. The third-order valence-corrected chi connectivity index (χ3v) is 3.95. The van der Waals surface area contributed by atoms with Crippen molar-refractivity contribution in [3.8, 4) is 5.75 Å². The van der Waals surface area contributed by atoms with Gasteiger partial charge >= 0.3 is 0 Å². The van der Waals surface area contributed by atoms with Crippen molar-refractivity contribution >= 4 is 11.6 Å². The Morgan fingerprint density at radius 2 is 2.00 bits per heavy atom. The molecule has 0 fully saturated rings. The monoisotopic (exact) mass is 307 g/mol. The van der Waals surface area contributed by atoms with Gasteiger partial charge in [-0.15, -0.1) is 0 Å². The van der Waals surface area contributed by atoms with E-state index in [1.807, 2.05) is 31.3 Å². The maximum absolute atomic E-state index is 13.5. The summed E-state index contributed by atoms with van der Waals surface area (Å²) in [6.45, 7) is 1.74. The fourth-order valence-electron chi connectivity index (χ4n) is 2.41. The Balaban J connectivity index is 2.34. The lowest BCUT2D eigenvalue weighted by Gasteiger charge is -2.20. The van der Waals surface area contributed by atoms with E-state index in [4.69, 9.17) is 16.3 Å². The molecule has 4 heteroatoms. The van der Waals surface area contributed by atoms with Crippen LogP contribution in [0.25, 0.3) is 0 Å². The summed E-state index contributed by atoms with van der Waals surface area (Å²) in [4.78, 5) is 0. The highest BCUT2D eigenvalue weighted by molar-refractivity contribution is 6.31. The van der Waals surface area contributed by atoms with E-state index in [2.05, 4.69) is 5.32 Å². The summed E-state index contributed by atoms with van der Waals surface area (Å²) in [5, 5.41) is 3.68. The van der Waals surface area contributed by atoms with Crippen LogP contribution in [0.4, 0.5) is 4.39 Å². The number of hydrogen-bond acceptors (Lipinski definition) is 2. The van der Waals surface area contributed by atoms with Gasteiger partial charge < -0.3 is 10.1 Å². The van der Waals surface area contributed by atoms with Gasteiger partial charge in [0, 0.05) is 11.1 Å². The van der Waals surface area contributed by atoms with Crippen LogP contribution >= 0.6 is 11.6 Å². The Morgan fingerprint density at radius 1 is 1.29 bits per heavy atom. The summed E-state index contributed by atoms with van der Waals surface area (Å²) < 4.78 is 18.9. The molecule has 0 heterocycles. The molecule has 0 radical (unpaired) electrons. The van der Waals surface area contributed by atoms with Crippen molar-refractivity contribution in [2.45, 2.75) is 19.4 Å². The predicted molar refractivity (Wildman–Crippen MR) is 84.6 cm³/mol. The van der Waals surface area contributed by atoms with Gasteiger partial charge in [0.2, 0.25) is 0 Å². The van der Waals surface area contributed by atoms with E-state index >= 15 is 0 Å². The van der Waals surface area contributed by atoms with E-state index in [9.17, 15) is 4.39 Å². The van der Waals surface area contributed by atoms with Crippen molar-refractivity contribution in [3.63, 3.8) is 0 Å². The summed E-state index contributed by atoms with van der Waals surface area (Å²) in [5.41, 5.74) is 2.57. The molecular formula is C17H19ClFNO. The average molecular weight is 308 g/mol. The molecular weight excluding hydrogens is 289 g/mol. The number of benzene rings is 2. The van der Waals surface area contributed by atoms with Crippen LogP contribution in [0.2, 0.25) is 5.02 Å². The number of rotatable bonds is 5. The fourth-order valence-corrected chi connectivity index (χ4v) is 2.69. The summed E-state index contributed by atoms with van der Waals surface area (Å²) >= 11 is 6.20. The highest BCUT2D eigenvalue weighted by atomic mass is 35.5. The smallest absolute Gasteiger partial charge is 0.127 e. The largest absolute Gasteiger partial charge is 0.496 e. The summed E-state index contributed by atoms with van der Waals surface area (Å²) in [6, 6.07) is 11.0. The van der Waals surface area contributed by atoms with E-state index in [0.29, 0.717) is 17.0 Å². The van der Waals surface area contributed by atoms with Crippen molar-refractivity contribution in [1.82, 2.24) is 5.32 Å². The van der Waals surface area contributed by atoms with Crippen molar-refractivity contribution in [1.29, 1.82) is 0 Å². The van der Waals surface area contributed by atoms with Crippen LogP contribution in [0.5, 0.6) is 5.75 Å². The van der Waals surface area contributed by atoms with Crippen LogP contribution in [0.15, 0.2) is 36.4 Å². The van der Waals surface area contributed by atoms with E-state index < -0.39 is 0 Å². The molecule has 0 spiro atoms. The first-order valence-electron chi connectivity index (χ1n) is 6.81. The van der Waals surface area contributed by atoms with Crippen LogP contribution in [0.3, 0.4) is 0 Å². The van der Waals surface area contributed by atoms with Gasteiger partial charge in [0.25, 0.3) is 0 Å². The topological polar surface area (TPSA) is 21.3 Å². The normalized spacial score (nSPS) is 12.2. The molecule has 21 heavy (non-hydrogen) atoms. The second kappa shape index (κ2) is 6.92. The van der Waals surface area contributed by atoms with Crippen molar-refractivity contribution in [2.24, 2.45) is 0 Å². The average Bonchev–Trinajstić information content (AvgIpc) is 2.49. The SMILES string of the molecule is CNC(Cc1ccccc1OC)c1cc(C)c(F)cc1Cl. The second-order valence-electron chi connectivity index (χ2n) is 4.98. The van der Waals surface area contributed by atoms with E-state index in [0.717, 1.165) is 16.9 Å². The molecule has 0 aromatic heterocycles. The summed E-state index contributed by atoms with van der Waals surface area (Å²) in [6.07, 6.45) is 0.714. The van der Waals surface area contributed by atoms with E-state index in [-0.39, 0.29) is 11.9 Å². The van der Waals surface area contributed by atoms with Gasteiger partial charge in [-0.1, -0.05) is 35.9 Å². The van der Waals surface area contributed by atoms with E-state index in [1.54, 1.807) is 20.1 Å². The lowest BCUT2D eigenvalue weighted by molar-refractivity contribution is 0.406. The van der Waals surface area contributed by atoms with Crippen LogP contribution in [0.1, 0.15) is 22.7 Å². The molecule has 0 amide bonds. The van der Waals surface area contributed by atoms with Crippen LogP contribution in [-0.2, 0) is 6.42 Å². The minimum absolute atomic E-state index is 0.00639. The van der Waals surface area contributed by atoms with Gasteiger partial charge in [0.15, 0.2) is 0 Å². The molecule has 1 atom stereocenters.